The average molecular weight is 258 g/mol. The Bertz CT molecular complexity index is 625. The van der Waals surface area contributed by atoms with Gasteiger partial charge in [-0.1, -0.05) is 0 Å². The quantitative estimate of drug-likeness (QED) is 0.909. The molecule has 0 amide bonds. The minimum absolute atomic E-state index is 0.271. The molecule has 0 fully saturated rings. The molecule has 0 atom stereocenters. The number of halogens is 2. The van der Waals surface area contributed by atoms with Crippen LogP contribution >= 0.6 is 0 Å². The van der Waals surface area contributed by atoms with Gasteiger partial charge in [-0.25, -0.2) is 8.78 Å². The van der Waals surface area contributed by atoms with Gasteiger partial charge in [-0.15, -0.1) is 0 Å². The first-order chi connectivity index (χ1) is 9.06. The van der Waals surface area contributed by atoms with Gasteiger partial charge in [0.05, 0.1) is 11.6 Å². The van der Waals surface area contributed by atoms with E-state index in [2.05, 4.69) is 5.32 Å². The third-order valence-corrected chi connectivity index (χ3v) is 2.63. The van der Waals surface area contributed by atoms with Gasteiger partial charge in [0, 0.05) is 12.2 Å². The molecule has 0 bridgehead atoms. The van der Waals surface area contributed by atoms with E-state index in [4.69, 9.17) is 5.26 Å². The lowest BCUT2D eigenvalue weighted by molar-refractivity contribution is 0.624. The van der Waals surface area contributed by atoms with Crippen molar-refractivity contribution < 1.29 is 8.78 Å². The molecule has 2 nitrogen and oxygen atoms in total. The molecule has 2 aromatic rings. The van der Waals surface area contributed by atoms with Crippen LogP contribution in [-0.4, -0.2) is 0 Å². The monoisotopic (exact) mass is 258 g/mol. The second kappa shape index (κ2) is 5.49. The van der Waals surface area contributed by atoms with Crippen LogP contribution in [0.2, 0.25) is 0 Å². The first-order valence-electron chi connectivity index (χ1n) is 5.77. The van der Waals surface area contributed by atoms with Crippen LogP contribution in [0.4, 0.5) is 14.5 Å². The van der Waals surface area contributed by atoms with Gasteiger partial charge in [0.2, 0.25) is 0 Å². The van der Waals surface area contributed by atoms with Crippen molar-refractivity contribution in [2.24, 2.45) is 0 Å². The summed E-state index contributed by atoms with van der Waals surface area (Å²) in [5, 5.41) is 11.8. The van der Waals surface area contributed by atoms with Crippen molar-refractivity contribution in [1.82, 2.24) is 0 Å². The summed E-state index contributed by atoms with van der Waals surface area (Å²) >= 11 is 0. The lowest BCUT2D eigenvalue weighted by Gasteiger charge is -2.08. The molecule has 0 saturated heterocycles. The van der Waals surface area contributed by atoms with Crippen molar-refractivity contribution in [1.29, 1.82) is 5.26 Å². The normalized spacial score (nSPS) is 10.0. The molecule has 0 aliphatic carbocycles. The molecular formula is C15H12F2N2. The molecule has 1 N–H and O–H groups in total. The van der Waals surface area contributed by atoms with Crippen LogP contribution in [0.1, 0.15) is 16.7 Å². The maximum Gasteiger partial charge on any atom is 0.125 e. The van der Waals surface area contributed by atoms with Gasteiger partial charge in [0.1, 0.15) is 11.6 Å². The first kappa shape index (κ1) is 13.0. The fraction of sp³-hybridized carbons (Fsp3) is 0.133. The SMILES string of the molecule is Cc1cc(F)cc(NCc2cc(F)cc(C#N)c2)c1. The molecular weight excluding hydrogens is 246 g/mol. The molecule has 0 saturated carbocycles. The standard InChI is InChI=1S/C15H12F2N2/c1-10-2-13(16)7-15(3-10)19-9-12-4-11(8-18)5-14(17)6-12/h2-7,19H,9H2,1H3. The number of aryl methyl sites for hydroxylation is 1. The number of hydrogen-bond donors (Lipinski definition) is 1. The van der Waals surface area contributed by atoms with Crippen molar-refractivity contribution in [3.8, 4) is 6.07 Å². The minimum atomic E-state index is -0.453. The topological polar surface area (TPSA) is 35.8 Å². The second-order valence-corrected chi connectivity index (χ2v) is 4.33. The predicted molar refractivity (Wildman–Crippen MR) is 69.6 cm³/mol. The van der Waals surface area contributed by atoms with E-state index in [0.717, 1.165) is 5.56 Å². The molecule has 0 unspecified atom stereocenters. The Balaban J connectivity index is 2.14. The lowest BCUT2D eigenvalue weighted by atomic mass is 10.1. The van der Waals surface area contributed by atoms with E-state index in [0.29, 0.717) is 17.8 Å². The molecule has 0 heterocycles. The molecule has 2 aromatic carbocycles. The Labute approximate surface area is 110 Å². The van der Waals surface area contributed by atoms with Gasteiger partial charge in [0.15, 0.2) is 0 Å². The first-order valence-corrected chi connectivity index (χ1v) is 5.77. The van der Waals surface area contributed by atoms with Crippen LogP contribution in [0.3, 0.4) is 0 Å². The summed E-state index contributed by atoms with van der Waals surface area (Å²) in [7, 11) is 0. The highest BCUT2D eigenvalue weighted by Crippen LogP contribution is 2.15. The number of nitriles is 1. The highest BCUT2D eigenvalue weighted by atomic mass is 19.1. The number of nitrogens with zero attached hydrogens (tertiary/aromatic N) is 1. The Kier molecular flexibility index (Phi) is 3.76. The van der Waals surface area contributed by atoms with Gasteiger partial charge in [-0.2, -0.15) is 5.26 Å². The van der Waals surface area contributed by atoms with E-state index in [1.807, 2.05) is 6.07 Å². The zero-order valence-electron chi connectivity index (χ0n) is 10.4. The molecule has 0 radical (unpaired) electrons. The number of hydrogen-bond acceptors (Lipinski definition) is 2. The molecule has 4 heteroatoms. The van der Waals surface area contributed by atoms with Crippen molar-refractivity contribution in [3.63, 3.8) is 0 Å². The highest BCUT2D eigenvalue weighted by molar-refractivity contribution is 5.47. The zero-order chi connectivity index (χ0) is 13.8. The van der Waals surface area contributed by atoms with Crippen molar-refractivity contribution in [2.75, 3.05) is 5.32 Å². The van der Waals surface area contributed by atoms with Crippen molar-refractivity contribution in [3.05, 3.63) is 64.7 Å². The Morgan fingerprint density at radius 3 is 2.47 bits per heavy atom. The fourth-order valence-electron chi connectivity index (χ4n) is 1.86. The lowest BCUT2D eigenvalue weighted by Crippen LogP contribution is -2.01. The molecule has 0 aliphatic heterocycles. The van der Waals surface area contributed by atoms with E-state index in [9.17, 15) is 8.78 Å². The third kappa shape index (κ3) is 3.52. The number of nitrogens with one attached hydrogen (secondary N) is 1. The summed E-state index contributed by atoms with van der Waals surface area (Å²) in [4.78, 5) is 0. The number of benzene rings is 2. The summed E-state index contributed by atoms with van der Waals surface area (Å²) in [5.74, 6) is -0.772. The van der Waals surface area contributed by atoms with Crippen LogP contribution in [0.15, 0.2) is 36.4 Å². The number of anilines is 1. The molecule has 96 valence electrons. The van der Waals surface area contributed by atoms with E-state index in [1.165, 1.54) is 24.3 Å². The summed E-state index contributed by atoms with van der Waals surface area (Å²) in [6, 6.07) is 10.6. The Hall–Kier alpha value is -2.41. The van der Waals surface area contributed by atoms with Gasteiger partial charge in [-0.05, 0) is 54.4 Å². The van der Waals surface area contributed by atoms with Crippen molar-refractivity contribution >= 4 is 5.69 Å². The molecule has 2 rings (SSSR count). The maximum atomic E-state index is 13.2. The van der Waals surface area contributed by atoms with Gasteiger partial charge < -0.3 is 5.32 Å². The third-order valence-electron chi connectivity index (χ3n) is 2.63. The largest absolute Gasteiger partial charge is 0.381 e. The van der Waals surface area contributed by atoms with Gasteiger partial charge in [0.25, 0.3) is 0 Å². The molecule has 0 spiro atoms. The van der Waals surface area contributed by atoms with Gasteiger partial charge >= 0.3 is 0 Å². The van der Waals surface area contributed by atoms with Gasteiger partial charge in [-0.3, -0.25) is 0 Å². The molecule has 19 heavy (non-hydrogen) atoms. The van der Waals surface area contributed by atoms with Crippen LogP contribution < -0.4 is 5.32 Å². The zero-order valence-corrected chi connectivity index (χ0v) is 10.4. The van der Waals surface area contributed by atoms with Crippen LogP contribution in [0.5, 0.6) is 0 Å². The Morgan fingerprint density at radius 2 is 1.79 bits per heavy atom. The molecule has 0 aromatic heterocycles. The maximum absolute atomic E-state index is 13.2. The number of rotatable bonds is 3. The highest BCUT2D eigenvalue weighted by Gasteiger charge is 2.02. The summed E-state index contributed by atoms with van der Waals surface area (Å²) in [6.45, 7) is 2.12. The van der Waals surface area contributed by atoms with Crippen LogP contribution in [0.25, 0.3) is 0 Å². The second-order valence-electron chi connectivity index (χ2n) is 4.33. The fourth-order valence-corrected chi connectivity index (χ4v) is 1.86. The smallest absolute Gasteiger partial charge is 0.125 e. The van der Waals surface area contributed by atoms with Crippen molar-refractivity contribution in [2.45, 2.75) is 13.5 Å². The van der Waals surface area contributed by atoms with E-state index in [-0.39, 0.29) is 11.4 Å². The van der Waals surface area contributed by atoms with E-state index >= 15 is 0 Å². The Morgan fingerprint density at radius 1 is 1.05 bits per heavy atom. The van der Waals surface area contributed by atoms with Crippen LogP contribution in [-0.2, 0) is 6.54 Å². The minimum Gasteiger partial charge on any atom is -0.381 e. The summed E-state index contributed by atoms with van der Waals surface area (Å²) < 4.78 is 26.4. The molecule has 0 aliphatic rings. The van der Waals surface area contributed by atoms with Crippen LogP contribution in [0, 0.1) is 29.9 Å². The predicted octanol–water partition coefficient (Wildman–Crippen LogP) is 3.76. The summed E-state index contributed by atoms with van der Waals surface area (Å²) in [6.07, 6.45) is 0. The van der Waals surface area contributed by atoms with E-state index < -0.39 is 5.82 Å². The van der Waals surface area contributed by atoms with E-state index in [1.54, 1.807) is 19.1 Å². The summed E-state index contributed by atoms with van der Waals surface area (Å²) in [5.41, 5.74) is 2.34. The average Bonchev–Trinajstić information content (AvgIpc) is 2.34.